The van der Waals surface area contributed by atoms with E-state index in [-0.39, 0.29) is 0 Å². The maximum atomic E-state index is 10.3. The first-order valence-electron chi connectivity index (χ1n) is 2.83. The summed E-state index contributed by atoms with van der Waals surface area (Å²) in [7, 11) is 0. The number of hydrogen-bond donors (Lipinski definition) is 1. The molecule has 0 aliphatic rings. The van der Waals surface area contributed by atoms with Crippen LogP contribution in [0.2, 0.25) is 0 Å². The lowest BCUT2D eigenvalue weighted by Crippen LogP contribution is -2.12. The fraction of sp³-hybridized carbons (Fsp3) is 0.333. The summed E-state index contributed by atoms with van der Waals surface area (Å²) < 4.78 is 8.33. The Labute approximate surface area is 63.2 Å². The number of carbonyl (C=O) groups is 2. The number of aliphatic carboxylic acids is 1. The van der Waals surface area contributed by atoms with E-state index < -0.39 is 18.7 Å². The monoisotopic (exact) mass is 160 g/mol. The molecule has 0 aromatic heterocycles. The summed E-state index contributed by atoms with van der Waals surface area (Å²) in [6.07, 6.45) is 1.55. The highest BCUT2D eigenvalue weighted by atomic mass is 16.7. The van der Waals surface area contributed by atoms with Gasteiger partial charge in [-0.25, -0.2) is 9.59 Å². The summed E-state index contributed by atoms with van der Waals surface area (Å²) in [4.78, 5) is 20.2. The minimum atomic E-state index is -1.22. The number of carboxylic acid groups (broad SMARTS) is 1. The van der Waals surface area contributed by atoms with Gasteiger partial charge in [-0.2, -0.15) is 0 Å². The van der Waals surface area contributed by atoms with Crippen molar-refractivity contribution in [2.45, 2.75) is 6.92 Å². The van der Waals surface area contributed by atoms with E-state index in [9.17, 15) is 9.59 Å². The molecule has 0 amide bonds. The van der Waals surface area contributed by atoms with Crippen LogP contribution in [-0.2, 0) is 14.3 Å². The molecule has 5 nitrogen and oxygen atoms in total. The third-order valence-electron chi connectivity index (χ3n) is 0.614. The Hall–Kier alpha value is -1.52. The first kappa shape index (κ1) is 9.48. The van der Waals surface area contributed by atoms with E-state index in [0.717, 1.165) is 6.26 Å². The Morgan fingerprint density at radius 2 is 2.18 bits per heavy atom. The van der Waals surface area contributed by atoms with Gasteiger partial charge in [0.15, 0.2) is 6.61 Å². The Bertz CT molecular complexity index is 172. The van der Waals surface area contributed by atoms with Gasteiger partial charge in [0.1, 0.15) is 0 Å². The van der Waals surface area contributed by atoms with Gasteiger partial charge in [0, 0.05) is 0 Å². The van der Waals surface area contributed by atoms with Crippen molar-refractivity contribution in [1.82, 2.24) is 0 Å². The van der Waals surface area contributed by atoms with E-state index >= 15 is 0 Å². The van der Waals surface area contributed by atoms with Crippen molar-refractivity contribution in [3.63, 3.8) is 0 Å². The number of hydrogen-bond acceptors (Lipinski definition) is 4. The van der Waals surface area contributed by atoms with Crippen LogP contribution in [0.1, 0.15) is 6.92 Å². The highest BCUT2D eigenvalue weighted by Crippen LogP contribution is 1.85. The molecule has 0 bridgehead atoms. The van der Waals surface area contributed by atoms with Crippen molar-refractivity contribution in [2.75, 3.05) is 6.61 Å². The molecule has 1 N–H and O–H groups in total. The molecular formula is C6H8O5. The molecule has 11 heavy (non-hydrogen) atoms. The van der Waals surface area contributed by atoms with Crippen LogP contribution >= 0.6 is 0 Å². The van der Waals surface area contributed by atoms with Gasteiger partial charge >= 0.3 is 12.1 Å². The molecule has 0 aromatic carbocycles. The molecule has 0 rings (SSSR count). The number of rotatable bonds is 3. The predicted molar refractivity (Wildman–Crippen MR) is 34.9 cm³/mol. The molecule has 0 fully saturated rings. The van der Waals surface area contributed by atoms with Gasteiger partial charge in [0.2, 0.25) is 0 Å². The quantitative estimate of drug-likeness (QED) is 0.487. The summed E-state index contributed by atoms with van der Waals surface area (Å²) in [5.74, 6) is -1.22. The number of ether oxygens (including phenoxy) is 2. The second-order valence-corrected chi connectivity index (χ2v) is 1.52. The molecule has 0 aromatic rings. The average Bonchev–Trinajstić information content (AvgIpc) is 1.97. The third-order valence-corrected chi connectivity index (χ3v) is 0.614. The van der Waals surface area contributed by atoms with Crippen molar-refractivity contribution in [3.05, 3.63) is 12.3 Å². The standard InChI is InChI=1S/C6H8O5/c1-2-3-10-6(9)11-4-5(7)8/h2-3H,4H2,1H3,(H,7,8). The minimum Gasteiger partial charge on any atom is -0.479 e. The topological polar surface area (TPSA) is 72.8 Å². The molecule has 0 aliphatic carbocycles. The van der Waals surface area contributed by atoms with Gasteiger partial charge in [-0.1, -0.05) is 6.08 Å². The van der Waals surface area contributed by atoms with Crippen molar-refractivity contribution < 1.29 is 24.2 Å². The van der Waals surface area contributed by atoms with Crippen LogP contribution in [-0.4, -0.2) is 23.8 Å². The van der Waals surface area contributed by atoms with E-state index in [2.05, 4.69) is 9.47 Å². The summed E-state index contributed by atoms with van der Waals surface area (Å²) in [5.41, 5.74) is 0. The Kier molecular flexibility index (Phi) is 4.55. The van der Waals surface area contributed by atoms with E-state index in [4.69, 9.17) is 5.11 Å². The van der Waals surface area contributed by atoms with Crippen LogP contribution in [0.15, 0.2) is 12.3 Å². The molecule has 0 unspecified atom stereocenters. The zero-order valence-corrected chi connectivity index (χ0v) is 5.94. The normalized spacial score (nSPS) is 9.55. The molecule has 0 saturated carbocycles. The largest absolute Gasteiger partial charge is 0.513 e. The minimum absolute atomic E-state index is 0.684. The fourth-order valence-electron chi connectivity index (χ4n) is 0.278. The summed E-state index contributed by atoms with van der Waals surface area (Å²) >= 11 is 0. The van der Waals surface area contributed by atoms with Gasteiger partial charge < -0.3 is 14.6 Å². The summed E-state index contributed by atoms with van der Waals surface area (Å²) in [6.45, 7) is 0.959. The van der Waals surface area contributed by atoms with Crippen molar-refractivity contribution in [2.24, 2.45) is 0 Å². The van der Waals surface area contributed by atoms with E-state index in [1.54, 1.807) is 6.92 Å². The molecular weight excluding hydrogens is 152 g/mol. The van der Waals surface area contributed by atoms with Crippen molar-refractivity contribution in [1.29, 1.82) is 0 Å². The lowest BCUT2D eigenvalue weighted by Gasteiger charge is -1.97. The Morgan fingerprint density at radius 1 is 1.55 bits per heavy atom. The Balaban J connectivity index is 3.45. The van der Waals surface area contributed by atoms with Crippen LogP contribution in [0.4, 0.5) is 4.79 Å². The smallest absolute Gasteiger partial charge is 0.479 e. The first-order chi connectivity index (χ1) is 5.16. The number of carbonyl (C=O) groups excluding carboxylic acids is 1. The van der Waals surface area contributed by atoms with Crippen molar-refractivity contribution >= 4 is 12.1 Å². The number of carboxylic acids is 1. The van der Waals surface area contributed by atoms with E-state index in [0.29, 0.717) is 0 Å². The van der Waals surface area contributed by atoms with Gasteiger partial charge in [0.25, 0.3) is 0 Å². The van der Waals surface area contributed by atoms with E-state index in [1.165, 1.54) is 6.08 Å². The molecule has 0 heterocycles. The van der Waals surface area contributed by atoms with Crippen molar-refractivity contribution in [3.8, 4) is 0 Å². The Morgan fingerprint density at radius 3 is 2.64 bits per heavy atom. The molecule has 0 atom stereocenters. The molecule has 62 valence electrons. The predicted octanol–water partition coefficient (Wildman–Crippen LogP) is 0.758. The van der Waals surface area contributed by atoms with Crippen LogP contribution in [0.3, 0.4) is 0 Å². The molecule has 5 heteroatoms. The van der Waals surface area contributed by atoms with Crippen LogP contribution in [0.25, 0.3) is 0 Å². The van der Waals surface area contributed by atoms with Gasteiger partial charge in [-0.3, -0.25) is 0 Å². The second kappa shape index (κ2) is 5.28. The zero-order chi connectivity index (χ0) is 8.69. The zero-order valence-electron chi connectivity index (χ0n) is 5.94. The fourth-order valence-corrected chi connectivity index (χ4v) is 0.278. The van der Waals surface area contributed by atoms with Gasteiger partial charge in [-0.05, 0) is 6.92 Å². The third kappa shape index (κ3) is 6.36. The lowest BCUT2D eigenvalue weighted by molar-refractivity contribution is -0.140. The summed E-state index contributed by atoms with van der Waals surface area (Å²) in [5, 5.41) is 8.04. The van der Waals surface area contributed by atoms with Crippen LogP contribution in [0, 0.1) is 0 Å². The highest BCUT2D eigenvalue weighted by molar-refractivity contribution is 5.71. The van der Waals surface area contributed by atoms with Crippen LogP contribution < -0.4 is 0 Å². The average molecular weight is 160 g/mol. The molecule has 0 spiro atoms. The maximum Gasteiger partial charge on any atom is 0.513 e. The molecule has 0 radical (unpaired) electrons. The molecule has 0 saturated heterocycles. The lowest BCUT2D eigenvalue weighted by atomic mass is 10.7. The maximum absolute atomic E-state index is 10.3. The molecule has 0 aliphatic heterocycles. The summed E-state index contributed by atoms with van der Waals surface area (Å²) in [6, 6.07) is 0. The van der Waals surface area contributed by atoms with Gasteiger partial charge in [0.05, 0.1) is 6.26 Å². The van der Waals surface area contributed by atoms with Crippen LogP contribution in [0.5, 0.6) is 0 Å². The highest BCUT2D eigenvalue weighted by Gasteiger charge is 2.04. The second-order valence-electron chi connectivity index (χ2n) is 1.52. The number of allylic oxidation sites excluding steroid dienone is 1. The van der Waals surface area contributed by atoms with Gasteiger partial charge in [-0.15, -0.1) is 0 Å². The first-order valence-corrected chi connectivity index (χ1v) is 2.83. The van der Waals surface area contributed by atoms with E-state index in [1.807, 2.05) is 0 Å². The SMILES string of the molecule is CC=COC(=O)OCC(=O)O.